The number of nitrogens with zero attached hydrogens (tertiary/aromatic N) is 4. The van der Waals surface area contributed by atoms with Gasteiger partial charge in [0.25, 0.3) is 5.56 Å². The standard InChI is InChI=1S/C19H16ClN5OS/c1-2-14-11-16(26)25-19(22-14)27-18(24-25)23-17(15-8-3-4-9-21-15)12-6-5-7-13(20)10-12/h3-11,17H,2H2,1H3,(H,23,24). The predicted octanol–water partition coefficient (Wildman–Crippen LogP) is 3.96. The number of nitrogens with one attached hydrogen (secondary N) is 1. The van der Waals surface area contributed by atoms with E-state index in [1.807, 2.05) is 49.4 Å². The largest absolute Gasteiger partial charge is 0.348 e. The molecule has 4 rings (SSSR count). The third-order valence-corrected chi connectivity index (χ3v) is 5.17. The van der Waals surface area contributed by atoms with Gasteiger partial charge in [0.05, 0.1) is 11.7 Å². The second-order valence-electron chi connectivity index (χ2n) is 5.93. The zero-order valence-electron chi connectivity index (χ0n) is 14.5. The van der Waals surface area contributed by atoms with E-state index < -0.39 is 0 Å². The summed E-state index contributed by atoms with van der Waals surface area (Å²) < 4.78 is 1.32. The van der Waals surface area contributed by atoms with Gasteiger partial charge in [0, 0.05) is 23.0 Å². The Kier molecular flexibility index (Phi) is 4.87. The lowest BCUT2D eigenvalue weighted by Gasteiger charge is -2.18. The molecule has 0 radical (unpaired) electrons. The Labute approximate surface area is 164 Å². The molecule has 136 valence electrons. The van der Waals surface area contributed by atoms with E-state index in [1.165, 1.54) is 21.9 Å². The fraction of sp³-hybridized carbons (Fsp3) is 0.158. The zero-order valence-corrected chi connectivity index (χ0v) is 16.0. The van der Waals surface area contributed by atoms with Crippen molar-refractivity contribution in [1.82, 2.24) is 19.6 Å². The third-order valence-electron chi connectivity index (χ3n) is 4.09. The van der Waals surface area contributed by atoms with Gasteiger partial charge in [-0.05, 0) is 36.2 Å². The van der Waals surface area contributed by atoms with E-state index >= 15 is 0 Å². The highest BCUT2D eigenvalue weighted by atomic mass is 35.5. The molecule has 0 spiro atoms. The molecule has 27 heavy (non-hydrogen) atoms. The van der Waals surface area contributed by atoms with Gasteiger partial charge in [-0.15, -0.1) is 5.10 Å². The normalized spacial score (nSPS) is 12.2. The van der Waals surface area contributed by atoms with E-state index in [0.29, 0.717) is 21.5 Å². The van der Waals surface area contributed by atoms with Crippen LogP contribution >= 0.6 is 22.9 Å². The zero-order chi connectivity index (χ0) is 18.8. The van der Waals surface area contributed by atoms with Crippen LogP contribution in [0, 0.1) is 0 Å². The van der Waals surface area contributed by atoms with E-state index in [9.17, 15) is 4.79 Å². The first-order valence-electron chi connectivity index (χ1n) is 8.47. The molecule has 0 aliphatic rings. The number of benzene rings is 1. The van der Waals surface area contributed by atoms with Crippen molar-refractivity contribution in [3.8, 4) is 0 Å². The number of fused-ring (bicyclic) bond motifs is 1. The van der Waals surface area contributed by atoms with Crippen molar-refractivity contribution in [3.05, 3.63) is 87.1 Å². The van der Waals surface area contributed by atoms with Crippen molar-refractivity contribution in [2.24, 2.45) is 0 Å². The Balaban J connectivity index is 1.77. The maximum Gasteiger partial charge on any atom is 0.275 e. The maximum absolute atomic E-state index is 12.3. The maximum atomic E-state index is 12.3. The Morgan fingerprint density at radius 1 is 1.22 bits per heavy atom. The lowest BCUT2D eigenvalue weighted by atomic mass is 10.0. The van der Waals surface area contributed by atoms with Crippen molar-refractivity contribution in [2.45, 2.75) is 19.4 Å². The van der Waals surface area contributed by atoms with Gasteiger partial charge in [-0.3, -0.25) is 9.78 Å². The number of aromatic nitrogens is 4. The molecule has 0 aliphatic heterocycles. The Morgan fingerprint density at radius 3 is 2.85 bits per heavy atom. The van der Waals surface area contributed by atoms with E-state index in [4.69, 9.17) is 11.6 Å². The first kappa shape index (κ1) is 17.6. The molecule has 1 N–H and O–H groups in total. The van der Waals surface area contributed by atoms with E-state index in [1.54, 1.807) is 6.20 Å². The van der Waals surface area contributed by atoms with Crippen LogP contribution < -0.4 is 10.9 Å². The molecule has 8 heteroatoms. The number of halogens is 1. The highest BCUT2D eigenvalue weighted by Crippen LogP contribution is 2.29. The quantitative estimate of drug-likeness (QED) is 0.551. The van der Waals surface area contributed by atoms with Crippen LogP contribution in [0.15, 0.2) is 59.5 Å². The summed E-state index contributed by atoms with van der Waals surface area (Å²) in [7, 11) is 0. The summed E-state index contributed by atoms with van der Waals surface area (Å²) in [5.41, 5.74) is 2.35. The van der Waals surface area contributed by atoms with Crippen molar-refractivity contribution < 1.29 is 0 Å². The summed E-state index contributed by atoms with van der Waals surface area (Å²) in [5.74, 6) is 0. The van der Waals surface area contributed by atoms with Crippen LogP contribution in [0.5, 0.6) is 0 Å². The molecular formula is C19H16ClN5OS. The molecule has 3 heterocycles. The summed E-state index contributed by atoms with van der Waals surface area (Å²) >= 11 is 7.51. The second kappa shape index (κ2) is 7.46. The number of aryl methyl sites for hydroxylation is 1. The van der Waals surface area contributed by atoms with Crippen LogP contribution in [0.25, 0.3) is 4.96 Å². The monoisotopic (exact) mass is 397 g/mol. The van der Waals surface area contributed by atoms with Crippen molar-refractivity contribution in [1.29, 1.82) is 0 Å². The van der Waals surface area contributed by atoms with Crippen molar-refractivity contribution in [3.63, 3.8) is 0 Å². The van der Waals surface area contributed by atoms with Gasteiger partial charge in [-0.2, -0.15) is 4.52 Å². The van der Waals surface area contributed by atoms with Crippen LogP contribution in [-0.2, 0) is 6.42 Å². The molecule has 0 amide bonds. The fourth-order valence-corrected chi connectivity index (χ4v) is 3.83. The molecule has 3 aromatic heterocycles. The Bertz CT molecular complexity index is 1140. The summed E-state index contributed by atoms with van der Waals surface area (Å²) in [4.78, 5) is 21.8. The van der Waals surface area contributed by atoms with Gasteiger partial charge < -0.3 is 5.32 Å². The lowest BCUT2D eigenvalue weighted by molar-refractivity contribution is 0.845. The van der Waals surface area contributed by atoms with Gasteiger partial charge in [0.2, 0.25) is 10.1 Å². The minimum absolute atomic E-state index is 0.182. The summed E-state index contributed by atoms with van der Waals surface area (Å²) in [5, 5.41) is 9.00. The van der Waals surface area contributed by atoms with Crippen molar-refractivity contribution in [2.75, 3.05) is 5.32 Å². The van der Waals surface area contributed by atoms with Crippen molar-refractivity contribution >= 4 is 33.0 Å². The van der Waals surface area contributed by atoms with Gasteiger partial charge in [-0.1, -0.05) is 48.1 Å². The molecule has 0 bridgehead atoms. The Morgan fingerprint density at radius 2 is 2.11 bits per heavy atom. The lowest BCUT2D eigenvalue weighted by Crippen LogP contribution is -2.17. The Hall–Kier alpha value is -2.77. The first-order valence-corrected chi connectivity index (χ1v) is 9.66. The fourth-order valence-electron chi connectivity index (χ4n) is 2.78. The van der Waals surface area contributed by atoms with Gasteiger partial charge in [0.1, 0.15) is 0 Å². The van der Waals surface area contributed by atoms with Gasteiger partial charge in [0.15, 0.2) is 0 Å². The molecule has 1 aromatic carbocycles. The van der Waals surface area contributed by atoms with Crippen LogP contribution in [0.3, 0.4) is 0 Å². The third kappa shape index (κ3) is 3.70. The molecule has 0 aliphatic carbocycles. The van der Waals surface area contributed by atoms with Crippen LogP contribution in [-0.4, -0.2) is 19.6 Å². The molecule has 6 nitrogen and oxygen atoms in total. The molecule has 0 fully saturated rings. The van der Waals surface area contributed by atoms with Crippen LogP contribution in [0.2, 0.25) is 5.02 Å². The molecule has 4 aromatic rings. The molecule has 1 atom stereocenters. The first-order chi connectivity index (χ1) is 13.1. The number of hydrogen-bond acceptors (Lipinski definition) is 6. The SMILES string of the molecule is CCc1cc(=O)n2nc(NC(c3cccc(Cl)c3)c3ccccn3)sc2n1. The molecular weight excluding hydrogens is 382 g/mol. The molecule has 0 saturated carbocycles. The second-order valence-corrected chi connectivity index (χ2v) is 7.32. The minimum Gasteiger partial charge on any atom is -0.348 e. The number of pyridine rings is 1. The highest BCUT2D eigenvalue weighted by molar-refractivity contribution is 7.20. The average Bonchev–Trinajstić information content (AvgIpc) is 3.10. The van der Waals surface area contributed by atoms with E-state index in [2.05, 4.69) is 20.4 Å². The van der Waals surface area contributed by atoms with E-state index in [-0.39, 0.29) is 11.6 Å². The van der Waals surface area contributed by atoms with Crippen LogP contribution in [0.1, 0.15) is 29.9 Å². The summed E-state index contributed by atoms with van der Waals surface area (Å²) in [6.45, 7) is 1.97. The number of rotatable bonds is 5. The van der Waals surface area contributed by atoms with Crippen LogP contribution in [0.4, 0.5) is 5.13 Å². The predicted molar refractivity (Wildman–Crippen MR) is 108 cm³/mol. The van der Waals surface area contributed by atoms with E-state index in [0.717, 1.165) is 17.0 Å². The molecule has 1 unspecified atom stereocenters. The smallest absolute Gasteiger partial charge is 0.275 e. The minimum atomic E-state index is -0.258. The highest BCUT2D eigenvalue weighted by Gasteiger charge is 2.18. The van der Waals surface area contributed by atoms with Gasteiger partial charge in [-0.25, -0.2) is 4.98 Å². The average molecular weight is 398 g/mol. The number of anilines is 1. The number of hydrogen-bond donors (Lipinski definition) is 1. The topological polar surface area (TPSA) is 72.2 Å². The van der Waals surface area contributed by atoms with Gasteiger partial charge >= 0.3 is 0 Å². The molecule has 0 saturated heterocycles. The summed E-state index contributed by atoms with van der Waals surface area (Å²) in [6, 6.07) is 14.6. The summed E-state index contributed by atoms with van der Waals surface area (Å²) in [6.07, 6.45) is 2.44.